The Kier molecular flexibility index (Phi) is 10.0. The van der Waals surface area contributed by atoms with Crippen molar-refractivity contribution in [2.75, 3.05) is 59.0 Å². The number of rotatable bonds is 7. The first kappa shape index (κ1) is 25.7. The molecule has 9 heteroatoms. The molecule has 1 heterocycles. The molecule has 0 unspecified atom stereocenters. The maximum Gasteiger partial charge on any atom is 0.203 e. The minimum Gasteiger partial charge on any atom is -0.506 e. The standard InChI is InChI=1S/C23H32N4O4.HI/c1-5-24-23(25-16-17-14-20(29-2)22(31-4)21(15-17)30-3)27-12-10-26(11-13-27)18-8-6-7-9-19(18)28;/h6-9,14-15,28H,5,10-13,16H2,1-4H3,(H,24,25);1H. The molecular weight excluding hydrogens is 523 g/mol. The molecule has 0 amide bonds. The SMILES string of the molecule is CCNC(=NCc1cc(OC)c(OC)c(OC)c1)N1CCN(c2ccccc2O)CC1.I. The van der Waals surface area contributed by atoms with Crippen molar-refractivity contribution in [2.45, 2.75) is 13.5 Å². The number of piperazine rings is 1. The van der Waals surface area contributed by atoms with Crippen molar-refractivity contribution in [1.82, 2.24) is 10.2 Å². The molecule has 32 heavy (non-hydrogen) atoms. The van der Waals surface area contributed by atoms with Gasteiger partial charge in [0, 0.05) is 32.7 Å². The summed E-state index contributed by atoms with van der Waals surface area (Å²) < 4.78 is 16.3. The molecule has 2 aromatic carbocycles. The van der Waals surface area contributed by atoms with Gasteiger partial charge in [-0.05, 0) is 36.8 Å². The van der Waals surface area contributed by atoms with Crippen LogP contribution < -0.4 is 24.4 Å². The van der Waals surface area contributed by atoms with Gasteiger partial charge in [0.2, 0.25) is 5.75 Å². The lowest BCUT2D eigenvalue weighted by atomic mass is 10.2. The Morgan fingerprint density at radius 1 is 1.00 bits per heavy atom. The summed E-state index contributed by atoms with van der Waals surface area (Å²) in [7, 11) is 4.81. The number of hydrogen-bond donors (Lipinski definition) is 2. The highest BCUT2D eigenvalue weighted by Gasteiger charge is 2.21. The summed E-state index contributed by atoms with van der Waals surface area (Å²) >= 11 is 0. The molecular formula is C23H33IN4O4. The van der Waals surface area contributed by atoms with E-state index in [4.69, 9.17) is 19.2 Å². The molecule has 0 aliphatic carbocycles. The lowest BCUT2D eigenvalue weighted by Gasteiger charge is -2.37. The predicted molar refractivity (Wildman–Crippen MR) is 138 cm³/mol. The number of methoxy groups -OCH3 is 3. The molecule has 1 saturated heterocycles. The second kappa shape index (κ2) is 12.5. The number of aliphatic imine (C=N–C) groups is 1. The fourth-order valence-electron chi connectivity index (χ4n) is 3.71. The van der Waals surface area contributed by atoms with Crippen LogP contribution >= 0.6 is 24.0 Å². The Balaban J connectivity index is 0.00000363. The monoisotopic (exact) mass is 556 g/mol. The minimum absolute atomic E-state index is 0. The van der Waals surface area contributed by atoms with E-state index >= 15 is 0 Å². The van der Waals surface area contributed by atoms with Crippen molar-refractivity contribution in [1.29, 1.82) is 0 Å². The molecule has 0 spiro atoms. The molecule has 3 rings (SSSR count). The number of anilines is 1. The molecule has 1 fully saturated rings. The average molecular weight is 556 g/mol. The van der Waals surface area contributed by atoms with Gasteiger partial charge in [0.1, 0.15) is 5.75 Å². The van der Waals surface area contributed by atoms with Gasteiger partial charge in [-0.3, -0.25) is 0 Å². The van der Waals surface area contributed by atoms with E-state index in [9.17, 15) is 5.11 Å². The third-order valence-electron chi connectivity index (χ3n) is 5.27. The molecule has 1 aliphatic rings. The fraction of sp³-hybridized carbons (Fsp3) is 0.435. The van der Waals surface area contributed by atoms with Crippen molar-refractivity contribution >= 4 is 35.6 Å². The van der Waals surface area contributed by atoms with Gasteiger partial charge in [-0.1, -0.05) is 12.1 Å². The van der Waals surface area contributed by atoms with E-state index < -0.39 is 0 Å². The fourth-order valence-corrected chi connectivity index (χ4v) is 3.71. The smallest absolute Gasteiger partial charge is 0.203 e. The van der Waals surface area contributed by atoms with Gasteiger partial charge >= 0.3 is 0 Å². The Hall–Kier alpha value is -2.56. The van der Waals surface area contributed by atoms with E-state index in [0.717, 1.165) is 49.9 Å². The normalized spacial score (nSPS) is 13.9. The first-order valence-corrected chi connectivity index (χ1v) is 10.5. The maximum absolute atomic E-state index is 10.1. The zero-order chi connectivity index (χ0) is 22.2. The summed E-state index contributed by atoms with van der Waals surface area (Å²) in [4.78, 5) is 9.29. The Labute approximate surface area is 207 Å². The van der Waals surface area contributed by atoms with Crippen LogP contribution in [0, 0.1) is 0 Å². The van der Waals surface area contributed by atoms with Crippen molar-refractivity contribution in [3.8, 4) is 23.0 Å². The van der Waals surface area contributed by atoms with E-state index in [2.05, 4.69) is 22.0 Å². The third-order valence-corrected chi connectivity index (χ3v) is 5.27. The number of halogens is 1. The number of nitrogens with zero attached hydrogens (tertiary/aromatic N) is 3. The van der Waals surface area contributed by atoms with E-state index in [0.29, 0.717) is 29.5 Å². The van der Waals surface area contributed by atoms with E-state index in [-0.39, 0.29) is 24.0 Å². The van der Waals surface area contributed by atoms with Crippen LogP contribution in [0.1, 0.15) is 12.5 Å². The van der Waals surface area contributed by atoms with Crippen molar-refractivity contribution in [3.05, 3.63) is 42.0 Å². The average Bonchev–Trinajstić information content (AvgIpc) is 2.81. The Morgan fingerprint density at radius 3 is 2.16 bits per heavy atom. The highest BCUT2D eigenvalue weighted by Crippen LogP contribution is 2.38. The summed E-state index contributed by atoms with van der Waals surface area (Å²) in [5.74, 6) is 3.00. The second-order valence-electron chi connectivity index (χ2n) is 7.17. The van der Waals surface area contributed by atoms with E-state index in [1.54, 1.807) is 27.4 Å². The lowest BCUT2D eigenvalue weighted by Crippen LogP contribution is -2.52. The maximum atomic E-state index is 10.1. The Morgan fingerprint density at radius 2 is 1.62 bits per heavy atom. The highest BCUT2D eigenvalue weighted by atomic mass is 127. The van der Waals surface area contributed by atoms with Crippen LogP contribution in [0.5, 0.6) is 23.0 Å². The largest absolute Gasteiger partial charge is 0.506 e. The topological polar surface area (TPSA) is 78.8 Å². The summed E-state index contributed by atoms with van der Waals surface area (Å²) in [6.45, 7) is 6.59. The Bertz CT molecular complexity index is 876. The van der Waals surface area contributed by atoms with Crippen LogP contribution in [-0.2, 0) is 6.54 Å². The zero-order valence-corrected chi connectivity index (χ0v) is 21.5. The van der Waals surface area contributed by atoms with Crippen molar-refractivity contribution < 1.29 is 19.3 Å². The second-order valence-corrected chi connectivity index (χ2v) is 7.17. The third kappa shape index (κ3) is 6.02. The van der Waals surface area contributed by atoms with Gasteiger partial charge in [-0.2, -0.15) is 0 Å². The van der Waals surface area contributed by atoms with Gasteiger partial charge < -0.3 is 34.4 Å². The molecule has 0 radical (unpaired) electrons. The first-order valence-electron chi connectivity index (χ1n) is 10.5. The van der Waals surface area contributed by atoms with Crippen LogP contribution in [0.4, 0.5) is 5.69 Å². The van der Waals surface area contributed by atoms with Gasteiger partial charge in [0.15, 0.2) is 17.5 Å². The van der Waals surface area contributed by atoms with Gasteiger partial charge in [0.25, 0.3) is 0 Å². The molecule has 176 valence electrons. The summed E-state index contributed by atoms with van der Waals surface area (Å²) in [5.41, 5.74) is 1.85. The first-order chi connectivity index (χ1) is 15.1. The molecule has 0 atom stereocenters. The summed E-state index contributed by atoms with van der Waals surface area (Å²) in [5, 5.41) is 13.5. The van der Waals surface area contributed by atoms with Gasteiger partial charge in [0.05, 0.1) is 33.6 Å². The number of guanidine groups is 1. The molecule has 8 nitrogen and oxygen atoms in total. The quantitative estimate of drug-likeness (QED) is 0.308. The number of benzene rings is 2. The number of aromatic hydroxyl groups is 1. The number of para-hydroxylation sites is 2. The summed E-state index contributed by atoms with van der Waals surface area (Å²) in [6.07, 6.45) is 0. The van der Waals surface area contributed by atoms with Crippen LogP contribution in [-0.4, -0.2) is 70.0 Å². The van der Waals surface area contributed by atoms with Crippen LogP contribution in [0.15, 0.2) is 41.4 Å². The molecule has 0 saturated carbocycles. The van der Waals surface area contributed by atoms with Gasteiger partial charge in [-0.25, -0.2) is 4.99 Å². The summed E-state index contributed by atoms with van der Waals surface area (Å²) in [6, 6.07) is 11.3. The molecule has 2 aromatic rings. The number of nitrogens with one attached hydrogen (secondary N) is 1. The predicted octanol–water partition coefficient (Wildman–Crippen LogP) is 3.32. The number of ether oxygens (including phenoxy) is 3. The zero-order valence-electron chi connectivity index (χ0n) is 19.1. The molecule has 1 aliphatic heterocycles. The van der Waals surface area contributed by atoms with E-state index in [1.807, 2.05) is 30.3 Å². The molecule has 0 aromatic heterocycles. The highest BCUT2D eigenvalue weighted by molar-refractivity contribution is 14.0. The van der Waals surface area contributed by atoms with Crippen molar-refractivity contribution in [2.24, 2.45) is 4.99 Å². The molecule has 2 N–H and O–H groups in total. The molecule has 0 bridgehead atoms. The number of hydrogen-bond acceptors (Lipinski definition) is 6. The van der Waals surface area contributed by atoms with Crippen LogP contribution in [0.25, 0.3) is 0 Å². The van der Waals surface area contributed by atoms with Crippen LogP contribution in [0.2, 0.25) is 0 Å². The van der Waals surface area contributed by atoms with E-state index in [1.165, 1.54) is 0 Å². The number of phenolic OH excluding ortho intramolecular Hbond substituents is 1. The minimum atomic E-state index is 0. The lowest BCUT2D eigenvalue weighted by molar-refractivity contribution is 0.324. The number of phenols is 1. The van der Waals surface area contributed by atoms with Crippen LogP contribution in [0.3, 0.4) is 0 Å². The van der Waals surface area contributed by atoms with Gasteiger partial charge in [-0.15, -0.1) is 24.0 Å². The van der Waals surface area contributed by atoms with Crippen molar-refractivity contribution in [3.63, 3.8) is 0 Å².